The fourth-order valence-electron chi connectivity index (χ4n) is 1.45. The SMILES string of the molecule is OC1CN(CC#Cc2ccccc2)C1. The van der Waals surface area contributed by atoms with Gasteiger partial charge in [-0.1, -0.05) is 30.0 Å². The van der Waals surface area contributed by atoms with Crippen molar-refractivity contribution in [1.82, 2.24) is 4.90 Å². The topological polar surface area (TPSA) is 23.5 Å². The van der Waals surface area contributed by atoms with E-state index in [9.17, 15) is 0 Å². The third-order valence-electron chi connectivity index (χ3n) is 2.25. The Morgan fingerprint density at radius 2 is 2.00 bits per heavy atom. The van der Waals surface area contributed by atoms with E-state index in [4.69, 9.17) is 5.11 Å². The molecule has 0 unspecified atom stereocenters. The number of hydrogen-bond donors (Lipinski definition) is 1. The molecule has 0 atom stereocenters. The average molecular weight is 187 g/mol. The van der Waals surface area contributed by atoms with E-state index in [-0.39, 0.29) is 6.10 Å². The van der Waals surface area contributed by atoms with Crippen LogP contribution in [0.4, 0.5) is 0 Å². The van der Waals surface area contributed by atoms with Crippen molar-refractivity contribution in [3.63, 3.8) is 0 Å². The maximum Gasteiger partial charge on any atom is 0.0794 e. The number of likely N-dealkylation sites (tertiary alicyclic amines) is 1. The van der Waals surface area contributed by atoms with Crippen molar-refractivity contribution in [3.05, 3.63) is 35.9 Å². The first kappa shape index (κ1) is 9.26. The summed E-state index contributed by atoms with van der Waals surface area (Å²) < 4.78 is 0. The zero-order valence-electron chi connectivity index (χ0n) is 7.98. The molecule has 1 aliphatic heterocycles. The molecule has 1 aromatic carbocycles. The van der Waals surface area contributed by atoms with E-state index < -0.39 is 0 Å². The number of aliphatic hydroxyl groups excluding tert-OH is 1. The molecule has 0 spiro atoms. The fraction of sp³-hybridized carbons (Fsp3) is 0.333. The summed E-state index contributed by atoms with van der Waals surface area (Å²) in [6, 6.07) is 9.95. The molecule has 2 nitrogen and oxygen atoms in total. The molecule has 1 aliphatic rings. The minimum absolute atomic E-state index is 0.131. The monoisotopic (exact) mass is 187 g/mol. The molecule has 1 heterocycles. The molecule has 0 aromatic heterocycles. The third kappa shape index (κ3) is 2.35. The minimum atomic E-state index is -0.131. The van der Waals surface area contributed by atoms with E-state index in [1.165, 1.54) is 0 Å². The lowest BCUT2D eigenvalue weighted by Crippen LogP contribution is -2.50. The van der Waals surface area contributed by atoms with Gasteiger partial charge in [0.1, 0.15) is 0 Å². The van der Waals surface area contributed by atoms with Gasteiger partial charge in [0, 0.05) is 18.7 Å². The maximum atomic E-state index is 9.04. The molecule has 14 heavy (non-hydrogen) atoms. The number of benzene rings is 1. The summed E-state index contributed by atoms with van der Waals surface area (Å²) >= 11 is 0. The van der Waals surface area contributed by atoms with Crippen LogP contribution in [0.5, 0.6) is 0 Å². The van der Waals surface area contributed by atoms with Gasteiger partial charge in [0.2, 0.25) is 0 Å². The van der Waals surface area contributed by atoms with Crippen molar-refractivity contribution in [2.75, 3.05) is 19.6 Å². The first-order valence-electron chi connectivity index (χ1n) is 4.79. The van der Waals surface area contributed by atoms with Crippen LogP contribution >= 0.6 is 0 Å². The average Bonchev–Trinajstić information content (AvgIpc) is 2.17. The predicted octanol–water partition coefficient (Wildman–Crippen LogP) is 0.715. The van der Waals surface area contributed by atoms with Gasteiger partial charge in [0.25, 0.3) is 0 Å². The molecule has 2 rings (SSSR count). The van der Waals surface area contributed by atoms with Crippen LogP contribution in [0.1, 0.15) is 5.56 Å². The summed E-state index contributed by atoms with van der Waals surface area (Å²) in [5.74, 6) is 6.17. The molecular formula is C12H13NO. The van der Waals surface area contributed by atoms with Crippen molar-refractivity contribution < 1.29 is 5.11 Å². The first-order valence-corrected chi connectivity index (χ1v) is 4.79. The Balaban J connectivity index is 1.83. The third-order valence-corrected chi connectivity index (χ3v) is 2.25. The summed E-state index contributed by atoms with van der Waals surface area (Å²) in [7, 11) is 0. The van der Waals surface area contributed by atoms with E-state index in [1.807, 2.05) is 30.3 Å². The zero-order valence-corrected chi connectivity index (χ0v) is 7.98. The van der Waals surface area contributed by atoms with Crippen LogP contribution < -0.4 is 0 Å². The maximum absolute atomic E-state index is 9.04. The smallest absolute Gasteiger partial charge is 0.0794 e. The lowest BCUT2D eigenvalue weighted by atomic mass is 10.2. The van der Waals surface area contributed by atoms with E-state index in [0.717, 1.165) is 25.2 Å². The molecule has 1 aromatic rings. The summed E-state index contributed by atoms with van der Waals surface area (Å²) in [6.45, 7) is 2.29. The lowest BCUT2D eigenvalue weighted by molar-refractivity contribution is 0.0111. The highest BCUT2D eigenvalue weighted by Crippen LogP contribution is 2.05. The molecule has 0 bridgehead atoms. The van der Waals surface area contributed by atoms with Crippen molar-refractivity contribution in [3.8, 4) is 11.8 Å². The van der Waals surface area contributed by atoms with Gasteiger partial charge in [-0.05, 0) is 12.1 Å². The van der Waals surface area contributed by atoms with Crippen LogP contribution in [-0.4, -0.2) is 35.7 Å². The summed E-state index contributed by atoms with van der Waals surface area (Å²) in [6.07, 6.45) is -0.131. The molecule has 1 N–H and O–H groups in total. The Morgan fingerprint density at radius 3 is 2.64 bits per heavy atom. The van der Waals surface area contributed by atoms with Crippen LogP contribution in [0.15, 0.2) is 30.3 Å². The number of nitrogens with zero attached hydrogens (tertiary/aromatic N) is 1. The second-order valence-corrected chi connectivity index (χ2v) is 3.52. The van der Waals surface area contributed by atoms with Crippen LogP contribution in [-0.2, 0) is 0 Å². The van der Waals surface area contributed by atoms with Gasteiger partial charge in [-0.3, -0.25) is 4.90 Å². The highest BCUT2D eigenvalue weighted by molar-refractivity contribution is 5.33. The van der Waals surface area contributed by atoms with Crippen LogP contribution in [0.2, 0.25) is 0 Å². The molecule has 0 radical (unpaired) electrons. The Labute approximate surface area is 84.2 Å². The van der Waals surface area contributed by atoms with Crippen LogP contribution in [0.3, 0.4) is 0 Å². The van der Waals surface area contributed by atoms with Gasteiger partial charge in [0.15, 0.2) is 0 Å². The predicted molar refractivity (Wildman–Crippen MR) is 55.8 cm³/mol. The fourth-order valence-corrected chi connectivity index (χ4v) is 1.45. The van der Waals surface area contributed by atoms with E-state index in [2.05, 4.69) is 16.7 Å². The van der Waals surface area contributed by atoms with Crippen molar-refractivity contribution in [2.45, 2.75) is 6.10 Å². The van der Waals surface area contributed by atoms with Crippen LogP contribution in [0.25, 0.3) is 0 Å². The highest BCUT2D eigenvalue weighted by Gasteiger charge is 2.22. The summed E-state index contributed by atoms with van der Waals surface area (Å²) in [5, 5.41) is 9.04. The van der Waals surface area contributed by atoms with Gasteiger partial charge < -0.3 is 5.11 Å². The molecule has 0 saturated carbocycles. The highest BCUT2D eigenvalue weighted by atomic mass is 16.3. The summed E-state index contributed by atoms with van der Waals surface area (Å²) in [5.41, 5.74) is 1.05. The summed E-state index contributed by atoms with van der Waals surface area (Å²) in [4.78, 5) is 2.13. The van der Waals surface area contributed by atoms with Gasteiger partial charge in [-0.2, -0.15) is 0 Å². The largest absolute Gasteiger partial charge is 0.390 e. The molecule has 0 amide bonds. The van der Waals surface area contributed by atoms with Crippen molar-refractivity contribution in [1.29, 1.82) is 0 Å². The Kier molecular flexibility index (Phi) is 2.83. The lowest BCUT2D eigenvalue weighted by Gasteiger charge is -2.33. The number of β-amino-alcohol motifs (C(OH)–C–C–N with tert-alkyl or cyclic N) is 1. The number of hydrogen-bond acceptors (Lipinski definition) is 2. The second kappa shape index (κ2) is 4.28. The number of aliphatic hydroxyl groups is 1. The molecule has 72 valence electrons. The van der Waals surface area contributed by atoms with Crippen LogP contribution in [0, 0.1) is 11.8 Å². The zero-order chi connectivity index (χ0) is 9.80. The molecule has 2 heteroatoms. The van der Waals surface area contributed by atoms with E-state index in [0.29, 0.717) is 0 Å². The molecule has 1 fully saturated rings. The van der Waals surface area contributed by atoms with Gasteiger partial charge in [-0.25, -0.2) is 0 Å². The quantitative estimate of drug-likeness (QED) is 0.655. The Hall–Kier alpha value is -1.30. The Bertz CT molecular complexity index is 344. The molecular weight excluding hydrogens is 174 g/mol. The molecule has 1 saturated heterocycles. The first-order chi connectivity index (χ1) is 6.84. The van der Waals surface area contributed by atoms with E-state index in [1.54, 1.807) is 0 Å². The standard InChI is InChI=1S/C12H13NO/c14-12-9-13(10-12)8-4-7-11-5-2-1-3-6-11/h1-3,5-6,12,14H,8-10H2. The van der Waals surface area contributed by atoms with E-state index >= 15 is 0 Å². The van der Waals surface area contributed by atoms with Gasteiger partial charge in [-0.15, -0.1) is 0 Å². The number of rotatable bonds is 1. The van der Waals surface area contributed by atoms with Crippen molar-refractivity contribution >= 4 is 0 Å². The van der Waals surface area contributed by atoms with Crippen molar-refractivity contribution in [2.24, 2.45) is 0 Å². The normalized spacial score (nSPS) is 16.9. The molecule has 0 aliphatic carbocycles. The van der Waals surface area contributed by atoms with Gasteiger partial charge >= 0.3 is 0 Å². The Morgan fingerprint density at radius 1 is 1.29 bits per heavy atom. The van der Waals surface area contributed by atoms with Gasteiger partial charge in [0.05, 0.1) is 12.6 Å². The second-order valence-electron chi connectivity index (χ2n) is 3.52. The minimum Gasteiger partial charge on any atom is -0.390 e.